The monoisotopic (exact) mass is 145 g/mol. The van der Waals surface area contributed by atoms with Crippen molar-refractivity contribution in [1.82, 2.24) is 0 Å². The van der Waals surface area contributed by atoms with Gasteiger partial charge in [0.2, 0.25) is 0 Å². The minimum Gasteiger partial charge on any atom is -0.301 e. The van der Waals surface area contributed by atoms with Gasteiger partial charge in [-0.15, -0.1) is 0 Å². The molecule has 0 saturated carbocycles. The zero-order valence-electron chi connectivity index (χ0n) is 5.90. The van der Waals surface area contributed by atoms with Gasteiger partial charge in [0.05, 0.1) is 0 Å². The van der Waals surface area contributed by atoms with Crippen molar-refractivity contribution in [3.63, 3.8) is 0 Å². The Labute approximate surface area is 64.6 Å². The molecular formula is C9H7NO. The Bertz CT molecular complexity index is 317. The van der Waals surface area contributed by atoms with Gasteiger partial charge in [0.1, 0.15) is 12.3 Å². The minimum absolute atomic E-state index is 0.258. The molecule has 2 nitrogen and oxygen atoms in total. The number of carbonyl (C=O) groups excluding carboxylic acids is 1. The number of rotatable bonds is 1. The van der Waals surface area contributed by atoms with Crippen LogP contribution in [0.15, 0.2) is 29.3 Å². The molecule has 0 fully saturated rings. The number of hydrogen-bond acceptors (Lipinski definition) is 2. The SMILES string of the molecule is O=CC1N=Cc2ccccc21. The lowest BCUT2D eigenvalue weighted by molar-refractivity contribution is -0.108. The van der Waals surface area contributed by atoms with Crippen LogP contribution < -0.4 is 0 Å². The fourth-order valence-electron chi connectivity index (χ4n) is 1.25. The predicted molar refractivity (Wildman–Crippen MR) is 42.8 cm³/mol. The number of carbonyl (C=O) groups is 1. The molecule has 0 aromatic heterocycles. The maximum Gasteiger partial charge on any atom is 0.149 e. The van der Waals surface area contributed by atoms with Crippen LogP contribution in [0, 0.1) is 0 Å². The molecule has 0 aliphatic carbocycles. The molecule has 0 bridgehead atoms. The summed E-state index contributed by atoms with van der Waals surface area (Å²) in [5.74, 6) is 0. The van der Waals surface area contributed by atoms with Gasteiger partial charge < -0.3 is 4.79 Å². The lowest BCUT2D eigenvalue weighted by Gasteiger charge is -1.98. The maximum atomic E-state index is 10.5. The lowest BCUT2D eigenvalue weighted by atomic mass is 10.1. The van der Waals surface area contributed by atoms with Crippen molar-refractivity contribution in [3.8, 4) is 0 Å². The summed E-state index contributed by atoms with van der Waals surface area (Å²) < 4.78 is 0. The van der Waals surface area contributed by atoms with Gasteiger partial charge in [0, 0.05) is 6.21 Å². The second kappa shape index (κ2) is 2.31. The first-order chi connectivity index (χ1) is 5.42. The van der Waals surface area contributed by atoms with Gasteiger partial charge in [-0.2, -0.15) is 0 Å². The van der Waals surface area contributed by atoms with Gasteiger partial charge in [-0.3, -0.25) is 4.99 Å². The van der Waals surface area contributed by atoms with Gasteiger partial charge in [0.25, 0.3) is 0 Å². The second-order valence-corrected chi connectivity index (χ2v) is 2.49. The number of benzene rings is 1. The fourth-order valence-corrected chi connectivity index (χ4v) is 1.25. The highest BCUT2D eigenvalue weighted by atomic mass is 16.1. The molecule has 1 aromatic carbocycles. The third kappa shape index (κ3) is 0.871. The van der Waals surface area contributed by atoms with Gasteiger partial charge in [0.15, 0.2) is 0 Å². The molecule has 1 unspecified atom stereocenters. The minimum atomic E-state index is -0.258. The van der Waals surface area contributed by atoms with Crippen LogP contribution >= 0.6 is 0 Å². The van der Waals surface area contributed by atoms with E-state index in [2.05, 4.69) is 4.99 Å². The highest BCUT2D eigenvalue weighted by molar-refractivity contribution is 5.89. The molecule has 11 heavy (non-hydrogen) atoms. The summed E-state index contributed by atoms with van der Waals surface area (Å²) in [6.07, 6.45) is 2.61. The van der Waals surface area contributed by atoms with Crippen molar-refractivity contribution >= 4 is 12.5 Å². The molecule has 0 spiro atoms. The van der Waals surface area contributed by atoms with E-state index in [4.69, 9.17) is 0 Å². The third-order valence-electron chi connectivity index (χ3n) is 1.82. The van der Waals surface area contributed by atoms with Crippen LogP contribution in [0.1, 0.15) is 17.2 Å². The number of fused-ring (bicyclic) bond motifs is 1. The summed E-state index contributed by atoms with van der Waals surface area (Å²) in [7, 11) is 0. The van der Waals surface area contributed by atoms with Crippen LogP contribution in [0.25, 0.3) is 0 Å². The van der Waals surface area contributed by atoms with Gasteiger partial charge in [-0.1, -0.05) is 24.3 Å². The van der Waals surface area contributed by atoms with Gasteiger partial charge in [-0.05, 0) is 11.1 Å². The topological polar surface area (TPSA) is 29.4 Å². The first-order valence-corrected chi connectivity index (χ1v) is 3.49. The predicted octanol–water partition coefficient (Wildman–Crippen LogP) is 1.36. The van der Waals surface area contributed by atoms with Crippen LogP contribution in [0.2, 0.25) is 0 Å². The first kappa shape index (κ1) is 6.28. The summed E-state index contributed by atoms with van der Waals surface area (Å²) in [6, 6.07) is 7.50. The second-order valence-electron chi connectivity index (χ2n) is 2.49. The van der Waals surface area contributed by atoms with E-state index in [1.165, 1.54) is 0 Å². The van der Waals surface area contributed by atoms with E-state index in [0.717, 1.165) is 17.4 Å². The van der Waals surface area contributed by atoms with E-state index in [9.17, 15) is 4.79 Å². The van der Waals surface area contributed by atoms with E-state index in [1.54, 1.807) is 6.21 Å². The molecule has 1 heterocycles. The van der Waals surface area contributed by atoms with Crippen LogP contribution in [0.4, 0.5) is 0 Å². The van der Waals surface area contributed by atoms with E-state index in [0.29, 0.717) is 0 Å². The van der Waals surface area contributed by atoms with E-state index < -0.39 is 0 Å². The largest absolute Gasteiger partial charge is 0.301 e. The average molecular weight is 145 g/mol. The first-order valence-electron chi connectivity index (χ1n) is 3.49. The lowest BCUT2D eigenvalue weighted by Crippen LogP contribution is -1.92. The summed E-state index contributed by atoms with van der Waals surface area (Å²) in [6.45, 7) is 0. The van der Waals surface area contributed by atoms with Crippen LogP contribution in [-0.2, 0) is 4.79 Å². The molecule has 0 N–H and O–H groups in total. The van der Waals surface area contributed by atoms with Crippen molar-refractivity contribution in [2.45, 2.75) is 6.04 Å². The molecule has 0 amide bonds. The Morgan fingerprint density at radius 2 is 2.18 bits per heavy atom. The average Bonchev–Trinajstić information content (AvgIpc) is 2.47. The molecule has 1 atom stereocenters. The third-order valence-corrected chi connectivity index (χ3v) is 1.82. The maximum absolute atomic E-state index is 10.5. The Kier molecular flexibility index (Phi) is 1.32. The summed E-state index contributed by atoms with van der Waals surface area (Å²) >= 11 is 0. The van der Waals surface area contributed by atoms with Crippen molar-refractivity contribution < 1.29 is 4.79 Å². The van der Waals surface area contributed by atoms with Crippen molar-refractivity contribution in [2.75, 3.05) is 0 Å². The van der Waals surface area contributed by atoms with Crippen molar-refractivity contribution in [1.29, 1.82) is 0 Å². The Balaban J connectivity index is 2.53. The van der Waals surface area contributed by atoms with Crippen molar-refractivity contribution in [2.24, 2.45) is 4.99 Å². The highest BCUT2D eigenvalue weighted by Crippen LogP contribution is 2.23. The smallest absolute Gasteiger partial charge is 0.149 e. The molecule has 0 saturated heterocycles. The van der Waals surface area contributed by atoms with E-state index >= 15 is 0 Å². The molecule has 2 heteroatoms. The molecule has 54 valence electrons. The van der Waals surface area contributed by atoms with Crippen LogP contribution in [0.3, 0.4) is 0 Å². The van der Waals surface area contributed by atoms with E-state index in [1.807, 2.05) is 24.3 Å². The fraction of sp³-hybridized carbons (Fsp3) is 0.111. The van der Waals surface area contributed by atoms with E-state index in [-0.39, 0.29) is 6.04 Å². The Hall–Kier alpha value is -1.44. The summed E-state index contributed by atoms with van der Waals surface area (Å²) in [4.78, 5) is 14.5. The molecule has 0 radical (unpaired) electrons. The van der Waals surface area contributed by atoms with Crippen LogP contribution in [-0.4, -0.2) is 12.5 Å². The van der Waals surface area contributed by atoms with Crippen molar-refractivity contribution in [3.05, 3.63) is 35.4 Å². The Morgan fingerprint density at radius 3 is 3.00 bits per heavy atom. The number of aliphatic imine (C=N–C) groups is 1. The summed E-state index contributed by atoms with van der Waals surface area (Å²) in [5.41, 5.74) is 2.08. The summed E-state index contributed by atoms with van der Waals surface area (Å²) in [5, 5.41) is 0. The zero-order valence-corrected chi connectivity index (χ0v) is 5.90. The standard InChI is InChI=1S/C9H7NO/c11-6-9-8-4-2-1-3-7(8)5-10-9/h1-6,9H. The van der Waals surface area contributed by atoms with Gasteiger partial charge in [-0.25, -0.2) is 0 Å². The normalized spacial score (nSPS) is 19.8. The number of hydrogen-bond donors (Lipinski definition) is 0. The quantitative estimate of drug-likeness (QED) is 0.548. The molecule has 1 aromatic rings. The number of aldehydes is 1. The highest BCUT2D eigenvalue weighted by Gasteiger charge is 2.15. The molecule has 1 aliphatic heterocycles. The Morgan fingerprint density at radius 1 is 1.36 bits per heavy atom. The molecule has 1 aliphatic rings. The number of nitrogens with zero attached hydrogens (tertiary/aromatic N) is 1. The zero-order chi connectivity index (χ0) is 7.68. The molecule has 2 rings (SSSR count). The molecular weight excluding hydrogens is 138 g/mol. The van der Waals surface area contributed by atoms with Crippen LogP contribution in [0.5, 0.6) is 0 Å². The van der Waals surface area contributed by atoms with Gasteiger partial charge >= 0.3 is 0 Å².